The van der Waals surface area contributed by atoms with Crippen molar-refractivity contribution in [3.05, 3.63) is 41.5 Å². The van der Waals surface area contributed by atoms with Gasteiger partial charge in [0.05, 0.1) is 0 Å². The molecule has 2 atom stereocenters. The lowest BCUT2D eigenvalue weighted by molar-refractivity contribution is 0.0776. The van der Waals surface area contributed by atoms with Crippen LogP contribution in [-0.4, -0.2) is 26.6 Å². The monoisotopic (exact) mass is 292 g/mol. The van der Waals surface area contributed by atoms with Gasteiger partial charge in [0.2, 0.25) is 0 Å². The van der Waals surface area contributed by atoms with Gasteiger partial charge in [-0.2, -0.15) is 0 Å². The molecule has 3 rings (SSSR count). The van der Waals surface area contributed by atoms with Crippen LogP contribution in [0.3, 0.4) is 0 Å². The Morgan fingerprint density at radius 1 is 1.05 bits per heavy atom. The van der Waals surface area contributed by atoms with E-state index in [-0.39, 0.29) is 40.5 Å². The van der Waals surface area contributed by atoms with E-state index in [9.17, 15) is 24.8 Å². The average molecular weight is 292 g/mol. The van der Waals surface area contributed by atoms with Crippen molar-refractivity contribution >= 4 is 0 Å². The summed E-state index contributed by atoms with van der Waals surface area (Å²) >= 11 is 0. The van der Waals surface area contributed by atoms with E-state index in [1.54, 1.807) is 0 Å². The lowest BCUT2D eigenvalue weighted by Gasteiger charge is -2.30. The molecule has 0 bridgehead atoms. The fourth-order valence-electron chi connectivity index (χ4n) is 2.48. The van der Waals surface area contributed by atoms with Gasteiger partial charge in [-0.15, -0.1) is 0 Å². The molecule has 1 heterocycles. The summed E-state index contributed by atoms with van der Waals surface area (Å²) in [6.45, 7) is 0. The molecule has 110 valence electrons. The summed E-state index contributed by atoms with van der Waals surface area (Å²) in [5.41, 5.74) is 0.368. The number of hydrogen-bond donors (Lipinski definition) is 4. The van der Waals surface area contributed by atoms with Crippen molar-refractivity contribution in [2.75, 3.05) is 0 Å². The van der Waals surface area contributed by atoms with Crippen molar-refractivity contribution in [1.29, 1.82) is 0 Å². The molecule has 0 amide bonds. The Balaban J connectivity index is 2.04. The van der Waals surface area contributed by atoms with Crippen LogP contribution in [0.25, 0.3) is 0 Å². The standard InChI is InChI=1S/C15H13FO5/c16-10-6-9-12(19)4-7(17)5-13(9)21-15(10)8-2-1-3-11(18)14(8)20/h1-5,10,15,17-20H,6H2/t10-,15-/m1/s1. The van der Waals surface area contributed by atoms with Crippen molar-refractivity contribution < 1.29 is 29.6 Å². The van der Waals surface area contributed by atoms with Gasteiger partial charge in [0.15, 0.2) is 17.6 Å². The molecular formula is C15H13FO5. The number of benzene rings is 2. The highest BCUT2D eigenvalue weighted by molar-refractivity contribution is 5.53. The molecule has 0 saturated carbocycles. The van der Waals surface area contributed by atoms with Gasteiger partial charge in [-0.1, -0.05) is 12.1 Å². The highest BCUT2D eigenvalue weighted by atomic mass is 19.1. The van der Waals surface area contributed by atoms with Gasteiger partial charge in [-0.05, 0) is 6.07 Å². The van der Waals surface area contributed by atoms with Crippen molar-refractivity contribution in [2.24, 2.45) is 0 Å². The molecule has 21 heavy (non-hydrogen) atoms. The third kappa shape index (κ3) is 2.18. The number of aromatic hydroxyl groups is 4. The fourth-order valence-corrected chi connectivity index (χ4v) is 2.48. The van der Waals surface area contributed by atoms with E-state index in [1.807, 2.05) is 0 Å². The topological polar surface area (TPSA) is 90.2 Å². The first-order valence-corrected chi connectivity index (χ1v) is 6.33. The molecule has 0 saturated heterocycles. The minimum Gasteiger partial charge on any atom is -0.508 e. The Morgan fingerprint density at radius 2 is 1.81 bits per heavy atom. The second-order valence-corrected chi connectivity index (χ2v) is 4.92. The number of alkyl halides is 1. The second-order valence-electron chi connectivity index (χ2n) is 4.92. The molecule has 6 heteroatoms. The zero-order chi connectivity index (χ0) is 15.1. The Bertz CT molecular complexity index is 701. The predicted molar refractivity (Wildman–Crippen MR) is 71.5 cm³/mol. The quantitative estimate of drug-likeness (QED) is 0.606. The van der Waals surface area contributed by atoms with Crippen molar-refractivity contribution in [2.45, 2.75) is 18.7 Å². The number of hydrogen-bond acceptors (Lipinski definition) is 5. The maximum absolute atomic E-state index is 14.3. The first-order chi connectivity index (χ1) is 9.97. The molecule has 0 aliphatic carbocycles. The van der Waals surface area contributed by atoms with E-state index >= 15 is 0 Å². The number of fused-ring (bicyclic) bond motifs is 1. The summed E-state index contributed by atoms with van der Waals surface area (Å²) in [5, 5.41) is 38.5. The van der Waals surface area contributed by atoms with Crippen LogP contribution in [0.15, 0.2) is 30.3 Å². The van der Waals surface area contributed by atoms with Crippen LogP contribution in [0.1, 0.15) is 17.2 Å². The van der Waals surface area contributed by atoms with Gasteiger partial charge in [0.1, 0.15) is 23.4 Å². The fraction of sp³-hybridized carbons (Fsp3) is 0.200. The number of phenolic OH excluding ortho intramolecular Hbond substituents is 4. The van der Waals surface area contributed by atoms with Crippen LogP contribution in [0, 0.1) is 0 Å². The van der Waals surface area contributed by atoms with Crippen LogP contribution >= 0.6 is 0 Å². The third-order valence-electron chi connectivity index (χ3n) is 3.50. The van der Waals surface area contributed by atoms with Gasteiger partial charge < -0.3 is 25.2 Å². The van der Waals surface area contributed by atoms with Crippen LogP contribution < -0.4 is 4.74 Å². The molecule has 1 aliphatic rings. The predicted octanol–water partition coefficient (Wildman–Crippen LogP) is 2.52. The second kappa shape index (κ2) is 4.73. The molecule has 4 N–H and O–H groups in total. The third-order valence-corrected chi connectivity index (χ3v) is 3.50. The zero-order valence-corrected chi connectivity index (χ0v) is 10.8. The van der Waals surface area contributed by atoms with E-state index in [1.165, 1.54) is 24.3 Å². The maximum Gasteiger partial charge on any atom is 0.164 e. The molecule has 0 unspecified atom stereocenters. The smallest absolute Gasteiger partial charge is 0.164 e. The van der Waals surface area contributed by atoms with E-state index < -0.39 is 18.0 Å². The Labute approximate surface area is 119 Å². The summed E-state index contributed by atoms with van der Waals surface area (Å²) < 4.78 is 19.8. The normalized spacial score (nSPS) is 20.6. The van der Waals surface area contributed by atoms with Crippen LogP contribution in [0.4, 0.5) is 4.39 Å². The van der Waals surface area contributed by atoms with E-state index in [4.69, 9.17) is 4.74 Å². The Morgan fingerprint density at radius 3 is 2.57 bits per heavy atom. The Kier molecular flexibility index (Phi) is 3.01. The summed E-state index contributed by atoms with van der Waals surface area (Å²) in [5.74, 6) is -1.12. The Hall–Kier alpha value is -2.63. The molecule has 1 aliphatic heterocycles. The lowest BCUT2D eigenvalue weighted by atomic mass is 9.94. The van der Waals surface area contributed by atoms with Gasteiger partial charge >= 0.3 is 0 Å². The minimum absolute atomic E-state index is 0.107. The summed E-state index contributed by atoms with van der Waals surface area (Å²) in [6.07, 6.45) is -2.77. The largest absolute Gasteiger partial charge is 0.508 e. The summed E-state index contributed by atoms with van der Waals surface area (Å²) in [6, 6.07) is 6.57. The van der Waals surface area contributed by atoms with E-state index in [2.05, 4.69) is 0 Å². The lowest BCUT2D eigenvalue weighted by Crippen LogP contribution is -2.27. The van der Waals surface area contributed by atoms with Gasteiger partial charge in [0, 0.05) is 29.7 Å². The number of halogens is 1. The maximum atomic E-state index is 14.3. The van der Waals surface area contributed by atoms with Gasteiger partial charge in [-0.25, -0.2) is 4.39 Å². The van der Waals surface area contributed by atoms with Crippen LogP contribution in [0.5, 0.6) is 28.7 Å². The molecule has 0 fully saturated rings. The van der Waals surface area contributed by atoms with Crippen molar-refractivity contribution in [3.8, 4) is 28.7 Å². The molecule has 2 aromatic rings. The molecule has 2 aromatic carbocycles. The van der Waals surface area contributed by atoms with Gasteiger partial charge in [0.25, 0.3) is 0 Å². The van der Waals surface area contributed by atoms with E-state index in [0.717, 1.165) is 6.07 Å². The molecule has 0 radical (unpaired) electrons. The van der Waals surface area contributed by atoms with E-state index in [0.29, 0.717) is 0 Å². The number of para-hydroxylation sites is 1. The van der Waals surface area contributed by atoms with Crippen LogP contribution in [-0.2, 0) is 6.42 Å². The zero-order valence-electron chi connectivity index (χ0n) is 10.8. The molecular weight excluding hydrogens is 279 g/mol. The number of rotatable bonds is 1. The number of ether oxygens (including phenoxy) is 1. The highest BCUT2D eigenvalue weighted by Crippen LogP contribution is 2.45. The SMILES string of the molecule is Oc1cc(O)c2c(c1)O[C@H](c1cccc(O)c1O)[C@H](F)C2. The number of phenols is 4. The molecule has 0 aromatic heterocycles. The van der Waals surface area contributed by atoms with Crippen molar-refractivity contribution in [3.63, 3.8) is 0 Å². The van der Waals surface area contributed by atoms with Gasteiger partial charge in [-0.3, -0.25) is 0 Å². The molecule has 0 spiro atoms. The first-order valence-electron chi connectivity index (χ1n) is 6.33. The van der Waals surface area contributed by atoms with Crippen LogP contribution in [0.2, 0.25) is 0 Å². The first kappa shape index (κ1) is 13.4. The summed E-state index contributed by atoms with van der Waals surface area (Å²) in [7, 11) is 0. The average Bonchev–Trinajstić information content (AvgIpc) is 2.42. The molecule has 5 nitrogen and oxygen atoms in total. The minimum atomic E-state index is -1.51. The highest BCUT2D eigenvalue weighted by Gasteiger charge is 2.35. The van der Waals surface area contributed by atoms with Crippen molar-refractivity contribution in [1.82, 2.24) is 0 Å². The summed E-state index contributed by atoms with van der Waals surface area (Å²) in [4.78, 5) is 0.